The summed E-state index contributed by atoms with van der Waals surface area (Å²) in [6.45, 7) is 5.53. The van der Waals surface area contributed by atoms with Crippen LogP contribution in [0.3, 0.4) is 0 Å². The van der Waals surface area contributed by atoms with E-state index < -0.39 is 6.10 Å². The van der Waals surface area contributed by atoms with Crippen LogP contribution in [0.1, 0.15) is 41.6 Å². The van der Waals surface area contributed by atoms with E-state index in [-0.39, 0.29) is 5.97 Å². The molecule has 0 spiro atoms. The molecule has 2 aromatic rings. The van der Waals surface area contributed by atoms with Gasteiger partial charge in [0.2, 0.25) is 0 Å². The Morgan fingerprint density at radius 1 is 1.43 bits per heavy atom. The van der Waals surface area contributed by atoms with E-state index in [0.29, 0.717) is 34.7 Å². The van der Waals surface area contributed by atoms with E-state index in [2.05, 4.69) is 4.98 Å². The molecule has 1 atom stereocenters. The molecular weight excluding hydrogens is 270 g/mol. The molecule has 5 heteroatoms. The second-order valence-corrected chi connectivity index (χ2v) is 4.79. The Balaban J connectivity index is 2.69. The van der Waals surface area contributed by atoms with Crippen LogP contribution in [0.25, 0.3) is 10.9 Å². The van der Waals surface area contributed by atoms with Gasteiger partial charge in [-0.1, -0.05) is 6.07 Å². The Bertz CT molecular complexity index is 680. The lowest BCUT2D eigenvalue weighted by molar-refractivity contribution is 0.0525. The van der Waals surface area contributed by atoms with Crippen molar-refractivity contribution in [3.05, 3.63) is 35.0 Å². The van der Waals surface area contributed by atoms with Crippen molar-refractivity contribution < 1.29 is 19.4 Å². The summed E-state index contributed by atoms with van der Waals surface area (Å²) in [5, 5.41) is 10.4. The molecule has 0 aliphatic heterocycles. The lowest BCUT2D eigenvalue weighted by Crippen LogP contribution is -2.08. The number of aliphatic hydroxyl groups is 1. The number of aromatic nitrogens is 1. The highest BCUT2D eigenvalue weighted by Crippen LogP contribution is 2.32. The number of aliphatic hydroxyl groups excluding tert-OH is 1. The van der Waals surface area contributed by atoms with Crippen LogP contribution in [-0.4, -0.2) is 29.8 Å². The molecule has 0 aliphatic rings. The fourth-order valence-corrected chi connectivity index (χ4v) is 2.25. The molecule has 0 saturated carbocycles. The van der Waals surface area contributed by atoms with Crippen molar-refractivity contribution in [1.29, 1.82) is 0 Å². The molecule has 1 aromatic carbocycles. The number of hydrogen-bond acceptors (Lipinski definition) is 5. The van der Waals surface area contributed by atoms with Crippen LogP contribution in [0, 0.1) is 6.92 Å². The number of fused-ring (bicyclic) bond motifs is 1. The quantitative estimate of drug-likeness (QED) is 0.876. The Kier molecular flexibility index (Phi) is 4.43. The van der Waals surface area contributed by atoms with Gasteiger partial charge in [0.25, 0.3) is 0 Å². The van der Waals surface area contributed by atoms with Gasteiger partial charge in [0, 0.05) is 10.9 Å². The summed E-state index contributed by atoms with van der Waals surface area (Å²) in [5.41, 5.74) is 2.33. The van der Waals surface area contributed by atoms with Gasteiger partial charge in [-0.05, 0) is 32.9 Å². The lowest BCUT2D eigenvalue weighted by Gasteiger charge is -2.14. The molecule has 0 saturated heterocycles. The molecule has 1 unspecified atom stereocenters. The van der Waals surface area contributed by atoms with Crippen molar-refractivity contribution in [1.82, 2.24) is 4.98 Å². The summed E-state index contributed by atoms with van der Waals surface area (Å²) in [6.07, 6.45) is -0.663. The molecule has 0 radical (unpaired) electrons. The number of methoxy groups -OCH3 is 1. The molecule has 0 aliphatic carbocycles. The number of carbonyl (C=O) groups excluding carboxylic acids is 1. The van der Waals surface area contributed by atoms with Crippen LogP contribution in [0.5, 0.6) is 5.75 Å². The normalized spacial score (nSPS) is 12.2. The highest BCUT2D eigenvalue weighted by molar-refractivity contribution is 5.99. The molecular formula is C16H19NO4. The predicted octanol–water partition coefficient (Wildman–Crippen LogP) is 2.78. The van der Waals surface area contributed by atoms with Crippen LogP contribution in [0.4, 0.5) is 0 Å². The second-order valence-electron chi connectivity index (χ2n) is 4.79. The van der Waals surface area contributed by atoms with E-state index in [1.807, 2.05) is 6.07 Å². The number of hydrogen-bond donors (Lipinski definition) is 1. The van der Waals surface area contributed by atoms with Crippen molar-refractivity contribution in [3.8, 4) is 5.75 Å². The Morgan fingerprint density at radius 3 is 2.71 bits per heavy atom. The zero-order chi connectivity index (χ0) is 15.6. The van der Waals surface area contributed by atoms with Crippen LogP contribution >= 0.6 is 0 Å². The highest BCUT2D eigenvalue weighted by Gasteiger charge is 2.18. The Labute approximate surface area is 123 Å². The Morgan fingerprint density at radius 2 is 2.14 bits per heavy atom. The van der Waals surface area contributed by atoms with Gasteiger partial charge in [-0.25, -0.2) is 9.78 Å². The van der Waals surface area contributed by atoms with E-state index >= 15 is 0 Å². The summed E-state index contributed by atoms with van der Waals surface area (Å²) >= 11 is 0. The maximum absolute atomic E-state index is 12.0. The van der Waals surface area contributed by atoms with E-state index in [0.717, 1.165) is 5.39 Å². The zero-order valence-electron chi connectivity index (χ0n) is 12.6. The van der Waals surface area contributed by atoms with Gasteiger partial charge in [0.15, 0.2) is 0 Å². The highest BCUT2D eigenvalue weighted by atomic mass is 16.5. The number of nitrogens with zero attached hydrogens (tertiary/aromatic N) is 1. The molecule has 0 bridgehead atoms. The summed E-state index contributed by atoms with van der Waals surface area (Å²) in [6, 6.07) is 5.29. The van der Waals surface area contributed by atoms with Crippen molar-refractivity contribution in [2.45, 2.75) is 26.9 Å². The summed E-state index contributed by atoms with van der Waals surface area (Å²) in [7, 11) is 1.54. The van der Waals surface area contributed by atoms with Crippen LogP contribution < -0.4 is 4.74 Å². The van der Waals surface area contributed by atoms with E-state index in [1.165, 1.54) is 7.11 Å². The van der Waals surface area contributed by atoms with Gasteiger partial charge in [-0.15, -0.1) is 0 Å². The Hall–Kier alpha value is -2.14. The number of benzene rings is 1. The molecule has 0 amide bonds. The van der Waals surface area contributed by atoms with Gasteiger partial charge in [0.1, 0.15) is 11.3 Å². The average molecular weight is 289 g/mol. The van der Waals surface area contributed by atoms with E-state index in [9.17, 15) is 9.90 Å². The first-order chi connectivity index (χ1) is 9.99. The van der Waals surface area contributed by atoms with Gasteiger partial charge >= 0.3 is 5.97 Å². The van der Waals surface area contributed by atoms with E-state index in [1.54, 1.807) is 32.9 Å². The van der Waals surface area contributed by atoms with Gasteiger partial charge < -0.3 is 14.6 Å². The lowest BCUT2D eigenvalue weighted by atomic mass is 10.0. The van der Waals surface area contributed by atoms with Crippen LogP contribution in [0.2, 0.25) is 0 Å². The fraction of sp³-hybridized carbons (Fsp3) is 0.375. The van der Waals surface area contributed by atoms with E-state index in [4.69, 9.17) is 9.47 Å². The third-order valence-electron chi connectivity index (χ3n) is 3.34. The SMILES string of the molecule is CCOC(=O)c1cc2ccc(C(C)O)nc2c(OC)c1C. The maximum atomic E-state index is 12.0. The van der Waals surface area contributed by atoms with Crippen LogP contribution in [-0.2, 0) is 4.74 Å². The molecule has 1 aromatic heterocycles. The molecule has 1 N–H and O–H groups in total. The van der Waals surface area contributed by atoms with Gasteiger partial charge in [-0.2, -0.15) is 0 Å². The van der Waals surface area contributed by atoms with Crippen molar-refractivity contribution in [2.24, 2.45) is 0 Å². The maximum Gasteiger partial charge on any atom is 0.338 e. The number of ether oxygens (including phenoxy) is 2. The topological polar surface area (TPSA) is 68.7 Å². The fourth-order valence-electron chi connectivity index (χ4n) is 2.25. The first-order valence-electron chi connectivity index (χ1n) is 6.83. The number of carbonyl (C=O) groups is 1. The third kappa shape index (κ3) is 2.83. The summed E-state index contributed by atoms with van der Waals surface area (Å²) < 4.78 is 10.5. The van der Waals surface area contributed by atoms with Crippen molar-refractivity contribution >= 4 is 16.9 Å². The minimum absolute atomic E-state index is 0.317. The predicted molar refractivity (Wildman–Crippen MR) is 79.6 cm³/mol. The van der Waals surface area contributed by atoms with Gasteiger partial charge in [0.05, 0.1) is 31.1 Å². The summed E-state index contributed by atoms with van der Waals surface area (Å²) in [5.74, 6) is 0.146. The number of pyridine rings is 1. The molecule has 0 fully saturated rings. The van der Waals surface area contributed by atoms with Crippen LogP contribution in [0.15, 0.2) is 18.2 Å². The number of esters is 1. The molecule has 1 heterocycles. The smallest absolute Gasteiger partial charge is 0.338 e. The molecule has 112 valence electrons. The second kappa shape index (κ2) is 6.10. The third-order valence-corrected chi connectivity index (χ3v) is 3.34. The molecule has 21 heavy (non-hydrogen) atoms. The molecule has 5 nitrogen and oxygen atoms in total. The standard InChI is InChI=1S/C16H19NO4/c1-5-21-16(19)12-8-11-6-7-13(10(3)18)17-14(11)15(20-4)9(12)2/h6-8,10,18H,5H2,1-4H3. The molecule has 2 rings (SSSR count). The van der Waals surface area contributed by atoms with Gasteiger partial charge in [-0.3, -0.25) is 0 Å². The van der Waals surface area contributed by atoms with Crippen molar-refractivity contribution in [3.63, 3.8) is 0 Å². The van der Waals surface area contributed by atoms with Crippen molar-refractivity contribution in [2.75, 3.05) is 13.7 Å². The largest absolute Gasteiger partial charge is 0.494 e. The average Bonchev–Trinajstić information content (AvgIpc) is 2.46. The monoisotopic (exact) mass is 289 g/mol. The minimum atomic E-state index is -0.663. The minimum Gasteiger partial charge on any atom is -0.494 e. The first-order valence-corrected chi connectivity index (χ1v) is 6.83. The number of rotatable bonds is 4. The summed E-state index contributed by atoms with van der Waals surface area (Å²) in [4.78, 5) is 16.4. The first kappa shape index (κ1) is 15.3. The zero-order valence-corrected chi connectivity index (χ0v) is 12.6.